The van der Waals surface area contributed by atoms with Crippen LogP contribution in [0.15, 0.2) is 27.4 Å². The fourth-order valence-electron chi connectivity index (χ4n) is 0.825. The number of hydrogen-bond donors (Lipinski definition) is 0. The number of benzene rings is 1. The van der Waals surface area contributed by atoms with Gasteiger partial charge in [0, 0.05) is 5.88 Å². The van der Waals surface area contributed by atoms with Gasteiger partial charge in [-0.25, -0.2) is 0 Å². The van der Waals surface area contributed by atoms with Crippen molar-refractivity contribution in [3.63, 3.8) is 0 Å². The Hall–Kier alpha value is -0.890. The topological polar surface area (TPSA) is 26.3 Å². The lowest BCUT2D eigenvalue weighted by molar-refractivity contribution is 0.0588. The van der Waals surface area contributed by atoms with Gasteiger partial charge >= 0.3 is 0 Å². The van der Waals surface area contributed by atoms with E-state index in [-0.39, 0.29) is 0 Å². The Balaban J connectivity index is 2.57. The lowest BCUT2D eigenvalue weighted by atomic mass is 10.2. The summed E-state index contributed by atoms with van der Waals surface area (Å²) in [5.74, 6) is 0.511. The predicted octanol–water partition coefficient (Wildman–Crippen LogP) is 2.76. The summed E-state index contributed by atoms with van der Waals surface area (Å²) in [5, 5.41) is 0. The van der Waals surface area contributed by atoms with Gasteiger partial charge in [0.15, 0.2) is 0 Å². The second kappa shape index (κ2) is 2.06. The van der Waals surface area contributed by atoms with Crippen LogP contribution in [-0.2, 0) is 5.88 Å². The van der Waals surface area contributed by atoms with Crippen LogP contribution in [0.2, 0.25) is 0 Å². The van der Waals surface area contributed by atoms with Crippen LogP contribution in [0.1, 0.15) is 5.56 Å². The van der Waals surface area contributed by atoms with Crippen LogP contribution in [-0.4, -0.2) is 0 Å². The zero-order chi connectivity index (χ0) is 6.97. The van der Waals surface area contributed by atoms with E-state index in [1.54, 1.807) is 0 Å². The van der Waals surface area contributed by atoms with Gasteiger partial charge in [-0.3, -0.25) is 9.15 Å². The minimum absolute atomic E-state index is 0.511. The highest BCUT2D eigenvalue weighted by molar-refractivity contribution is 6.17. The predicted molar refractivity (Wildman–Crippen MR) is 38.0 cm³/mol. The van der Waals surface area contributed by atoms with Gasteiger partial charge in [-0.2, -0.15) is 0 Å². The third-order valence-electron chi connectivity index (χ3n) is 1.38. The Morgan fingerprint density at radius 1 is 1.20 bits per heavy atom. The molecule has 2 rings (SSSR count). The molecule has 2 nitrogen and oxygen atoms in total. The first kappa shape index (κ1) is 5.86. The summed E-state index contributed by atoms with van der Waals surface area (Å²) in [6.07, 6.45) is 0. The number of fused-ring (bicyclic) bond motifs is 1. The maximum Gasteiger partial charge on any atom is 0.226 e. The third-order valence-corrected chi connectivity index (χ3v) is 1.69. The Kier molecular flexibility index (Phi) is 1.21. The van der Waals surface area contributed by atoms with Crippen molar-refractivity contribution in [3.05, 3.63) is 23.8 Å². The maximum atomic E-state index is 5.58. The van der Waals surface area contributed by atoms with Crippen molar-refractivity contribution < 1.29 is 9.15 Å². The summed E-state index contributed by atoms with van der Waals surface area (Å²) in [4.78, 5) is 0. The fourth-order valence-corrected chi connectivity index (χ4v) is 0.992. The van der Waals surface area contributed by atoms with Crippen molar-refractivity contribution in [1.29, 1.82) is 0 Å². The number of rotatable bonds is 1. The molecule has 0 aliphatic rings. The molecule has 0 spiro atoms. The van der Waals surface area contributed by atoms with Gasteiger partial charge in [-0.05, 0) is 17.7 Å². The van der Waals surface area contributed by atoms with Gasteiger partial charge in [0.2, 0.25) is 11.2 Å². The molecule has 3 heteroatoms. The molecule has 0 N–H and O–H groups in total. The summed E-state index contributed by atoms with van der Waals surface area (Å²) in [7, 11) is 0. The van der Waals surface area contributed by atoms with Gasteiger partial charge in [0.25, 0.3) is 0 Å². The highest BCUT2D eigenvalue weighted by Gasteiger charge is 2.03. The van der Waals surface area contributed by atoms with Gasteiger partial charge in [0.05, 0.1) is 0 Å². The fraction of sp³-hybridized carbons (Fsp3) is 0.143. The molecule has 0 amide bonds. The number of halogens is 1. The van der Waals surface area contributed by atoms with E-state index in [0.717, 1.165) is 16.7 Å². The van der Waals surface area contributed by atoms with Crippen LogP contribution in [0.3, 0.4) is 0 Å². The first-order valence-corrected chi connectivity index (χ1v) is 3.47. The lowest BCUT2D eigenvalue weighted by Gasteiger charge is -1.98. The van der Waals surface area contributed by atoms with E-state index < -0.39 is 0 Å². The highest BCUT2D eigenvalue weighted by Crippen LogP contribution is 2.19. The molecule has 0 radical (unpaired) electrons. The molecule has 0 bridgehead atoms. The molecule has 0 atom stereocenters. The molecule has 1 aromatic carbocycles. The van der Waals surface area contributed by atoms with Crippen molar-refractivity contribution in [2.45, 2.75) is 5.88 Å². The van der Waals surface area contributed by atoms with Crippen LogP contribution in [0, 0.1) is 0 Å². The summed E-state index contributed by atoms with van der Waals surface area (Å²) in [5.41, 5.74) is 2.61. The summed E-state index contributed by atoms with van der Waals surface area (Å²) in [6, 6.07) is 5.62. The van der Waals surface area contributed by atoms with Crippen molar-refractivity contribution in [1.82, 2.24) is 0 Å². The lowest BCUT2D eigenvalue weighted by Crippen LogP contribution is -1.79. The quantitative estimate of drug-likeness (QED) is 0.469. The van der Waals surface area contributed by atoms with E-state index in [4.69, 9.17) is 11.6 Å². The van der Waals surface area contributed by atoms with Crippen LogP contribution in [0.5, 0.6) is 0 Å². The molecule has 0 saturated carbocycles. The molecule has 2 aromatic rings. The van der Waals surface area contributed by atoms with Crippen LogP contribution in [0.4, 0.5) is 0 Å². The molecular weight excluding hydrogens is 152 g/mol. The van der Waals surface area contributed by atoms with Crippen LogP contribution in [0.25, 0.3) is 11.2 Å². The van der Waals surface area contributed by atoms with Crippen LogP contribution < -0.4 is 0 Å². The zero-order valence-electron chi connectivity index (χ0n) is 5.13. The number of alkyl halides is 1. The molecule has 52 valence electrons. The van der Waals surface area contributed by atoms with Crippen molar-refractivity contribution in [2.75, 3.05) is 0 Å². The van der Waals surface area contributed by atoms with E-state index in [1.807, 2.05) is 18.2 Å². The smallest absolute Gasteiger partial charge is 0.226 e. The van der Waals surface area contributed by atoms with Gasteiger partial charge < -0.3 is 0 Å². The minimum Gasteiger partial charge on any atom is -0.286 e. The zero-order valence-corrected chi connectivity index (χ0v) is 5.89. The molecular formula is C7H5ClO2. The van der Waals surface area contributed by atoms with Crippen molar-refractivity contribution in [3.8, 4) is 0 Å². The Morgan fingerprint density at radius 3 is 2.50 bits per heavy atom. The van der Waals surface area contributed by atoms with Gasteiger partial charge in [0.1, 0.15) is 0 Å². The SMILES string of the molecule is ClCc1ccc2ooc2c1. The van der Waals surface area contributed by atoms with Gasteiger partial charge in [-0.15, -0.1) is 11.6 Å². The van der Waals surface area contributed by atoms with Crippen molar-refractivity contribution >= 4 is 22.8 Å². The molecule has 0 aliphatic carbocycles. The average Bonchev–Trinajstić information content (AvgIpc) is 1.92. The third kappa shape index (κ3) is 0.727. The van der Waals surface area contributed by atoms with E-state index >= 15 is 0 Å². The molecule has 1 aromatic heterocycles. The molecule has 10 heavy (non-hydrogen) atoms. The first-order valence-electron chi connectivity index (χ1n) is 2.93. The second-order valence-electron chi connectivity index (χ2n) is 2.08. The summed E-state index contributed by atoms with van der Waals surface area (Å²) < 4.78 is 9.29. The molecule has 0 unspecified atom stereocenters. The number of hydrogen-bond acceptors (Lipinski definition) is 2. The molecule has 0 aliphatic heterocycles. The van der Waals surface area contributed by atoms with E-state index in [0.29, 0.717) is 5.88 Å². The maximum absolute atomic E-state index is 5.58. The van der Waals surface area contributed by atoms with Crippen LogP contribution >= 0.6 is 11.6 Å². The standard InChI is InChI=1S/C7H5ClO2/c8-4-5-1-2-6-7(3-5)10-9-6/h1-3H,4H2. The molecule has 0 fully saturated rings. The van der Waals surface area contributed by atoms with E-state index in [9.17, 15) is 0 Å². The Morgan fingerprint density at radius 2 is 2.00 bits per heavy atom. The molecule has 1 heterocycles. The minimum atomic E-state index is 0.511. The summed E-state index contributed by atoms with van der Waals surface area (Å²) >= 11 is 5.58. The Labute approximate surface area is 62.3 Å². The molecule has 0 saturated heterocycles. The summed E-state index contributed by atoms with van der Waals surface area (Å²) in [6.45, 7) is 0. The van der Waals surface area contributed by atoms with Crippen molar-refractivity contribution in [2.24, 2.45) is 0 Å². The largest absolute Gasteiger partial charge is 0.286 e. The van der Waals surface area contributed by atoms with Gasteiger partial charge in [-0.1, -0.05) is 6.07 Å². The first-order chi connectivity index (χ1) is 4.90. The monoisotopic (exact) mass is 156 g/mol. The second-order valence-corrected chi connectivity index (χ2v) is 2.35. The highest BCUT2D eigenvalue weighted by atomic mass is 35.5. The van der Waals surface area contributed by atoms with E-state index in [1.165, 1.54) is 0 Å². The van der Waals surface area contributed by atoms with E-state index in [2.05, 4.69) is 9.15 Å². The normalized spacial score (nSPS) is 10.9. The Bertz CT molecular complexity index is 334. The average molecular weight is 157 g/mol.